The SMILES string of the molecule is CCOC(=O)c1ccc(CNC(=O)CC(C)C2CCNCC2)cc1. The van der Waals surface area contributed by atoms with E-state index in [9.17, 15) is 9.59 Å². The molecule has 1 aliphatic heterocycles. The predicted molar refractivity (Wildman–Crippen MR) is 93.6 cm³/mol. The number of piperidine rings is 1. The van der Waals surface area contributed by atoms with Gasteiger partial charge in [0.2, 0.25) is 5.91 Å². The van der Waals surface area contributed by atoms with E-state index in [1.54, 1.807) is 19.1 Å². The van der Waals surface area contributed by atoms with Crippen molar-refractivity contribution in [1.29, 1.82) is 0 Å². The molecule has 0 spiro atoms. The topological polar surface area (TPSA) is 67.4 Å². The van der Waals surface area contributed by atoms with Crippen LogP contribution in [0.1, 0.15) is 49.0 Å². The van der Waals surface area contributed by atoms with Gasteiger partial charge in [-0.15, -0.1) is 0 Å². The lowest BCUT2D eigenvalue weighted by molar-refractivity contribution is -0.122. The number of nitrogens with one attached hydrogen (secondary N) is 2. The van der Waals surface area contributed by atoms with Crippen LogP contribution in [-0.4, -0.2) is 31.6 Å². The molecule has 2 N–H and O–H groups in total. The summed E-state index contributed by atoms with van der Waals surface area (Å²) >= 11 is 0. The van der Waals surface area contributed by atoms with Crippen molar-refractivity contribution in [2.75, 3.05) is 19.7 Å². The molecule has 1 atom stereocenters. The number of rotatable bonds is 7. The van der Waals surface area contributed by atoms with Crippen LogP contribution in [0.25, 0.3) is 0 Å². The zero-order valence-electron chi connectivity index (χ0n) is 14.6. The van der Waals surface area contributed by atoms with Crippen molar-refractivity contribution in [2.24, 2.45) is 11.8 Å². The van der Waals surface area contributed by atoms with E-state index in [1.165, 1.54) is 0 Å². The zero-order chi connectivity index (χ0) is 17.4. The number of carbonyl (C=O) groups excluding carboxylic acids is 2. The molecule has 1 aromatic rings. The van der Waals surface area contributed by atoms with E-state index in [4.69, 9.17) is 4.74 Å². The van der Waals surface area contributed by atoms with Crippen LogP contribution in [0.5, 0.6) is 0 Å². The highest BCUT2D eigenvalue weighted by Crippen LogP contribution is 2.24. The van der Waals surface area contributed by atoms with Gasteiger partial charge in [-0.3, -0.25) is 4.79 Å². The van der Waals surface area contributed by atoms with E-state index < -0.39 is 0 Å². The van der Waals surface area contributed by atoms with Crippen LogP contribution in [0.15, 0.2) is 24.3 Å². The minimum absolute atomic E-state index is 0.0931. The summed E-state index contributed by atoms with van der Waals surface area (Å²) in [5.41, 5.74) is 1.51. The molecule has 132 valence electrons. The van der Waals surface area contributed by atoms with Crippen LogP contribution in [0, 0.1) is 11.8 Å². The number of hydrogen-bond acceptors (Lipinski definition) is 4. The fourth-order valence-electron chi connectivity index (χ4n) is 3.12. The first-order valence-corrected chi connectivity index (χ1v) is 8.83. The first-order valence-electron chi connectivity index (χ1n) is 8.83. The molecule has 1 unspecified atom stereocenters. The minimum atomic E-state index is -0.316. The molecule has 1 amide bonds. The summed E-state index contributed by atoms with van der Waals surface area (Å²) in [5, 5.41) is 6.33. The third kappa shape index (κ3) is 5.64. The van der Waals surface area contributed by atoms with Gasteiger partial charge in [0.05, 0.1) is 12.2 Å². The number of hydrogen-bond donors (Lipinski definition) is 2. The molecule has 0 aromatic heterocycles. The summed E-state index contributed by atoms with van der Waals surface area (Å²) in [6.07, 6.45) is 2.89. The van der Waals surface area contributed by atoms with Crippen LogP contribution in [-0.2, 0) is 16.1 Å². The van der Waals surface area contributed by atoms with Gasteiger partial charge in [0.15, 0.2) is 0 Å². The van der Waals surface area contributed by atoms with Gasteiger partial charge in [0, 0.05) is 13.0 Å². The van der Waals surface area contributed by atoms with Crippen molar-refractivity contribution in [1.82, 2.24) is 10.6 Å². The Balaban J connectivity index is 1.75. The summed E-state index contributed by atoms with van der Waals surface area (Å²) in [4.78, 5) is 23.7. The average Bonchev–Trinajstić information content (AvgIpc) is 2.61. The van der Waals surface area contributed by atoms with Crippen LogP contribution in [0.3, 0.4) is 0 Å². The molecule has 0 saturated carbocycles. The summed E-state index contributed by atoms with van der Waals surface area (Å²) in [6, 6.07) is 7.17. The van der Waals surface area contributed by atoms with Crippen molar-refractivity contribution in [3.05, 3.63) is 35.4 Å². The maximum atomic E-state index is 12.1. The molecule has 2 rings (SSSR count). The maximum Gasteiger partial charge on any atom is 0.338 e. The summed E-state index contributed by atoms with van der Waals surface area (Å²) in [6.45, 7) is 6.93. The second-order valence-corrected chi connectivity index (χ2v) is 6.46. The Labute approximate surface area is 144 Å². The lowest BCUT2D eigenvalue weighted by Gasteiger charge is -2.27. The van der Waals surface area contributed by atoms with E-state index in [0.29, 0.717) is 37.0 Å². The van der Waals surface area contributed by atoms with E-state index in [1.807, 2.05) is 12.1 Å². The summed E-state index contributed by atoms with van der Waals surface area (Å²) in [5.74, 6) is 0.832. The molecule has 1 heterocycles. The Morgan fingerprint density at radius 2 is 1.92 bits per heavy atom. The third-order valence-corrected chi connectivity index (χ3v) is 4.65. The first kappa shape index (κ1) is 18.5. The fourth-order valence-corrected chi connectivity index (χ4v) is 3.12. The van der Waals surface area contributed by atoms with Gasteiger partial charge in [-0.1, -0.05) is 19.1 Å². The van der Waals surface area contributed by atoms with Crippen molar-refractivity contribution >= 4 is 11.9 Å². The second-order valence-electron chi connectivity index (χ2n) is 6.46. The Morgan fingerprint density at radius 3 is 2.54 bits per heavy atom. The van der Waals surface area contributed by atoms with Crippen LogP contribution in [0.2, 0.25) is 0 Å². The lowest BCUT2D eigenvalue weighted by atomic mass is 9.84. The average molecular weight is 332 g/mol. The van der Waals surface area contributed by atoms with Crippen molar-refractivity contribution in [3.8, 4) is 0 Å². The highest BCUT2D eigenvalue weighted by atomic mass is 16.5. The smallest absolute Gasteiger partial charge is 0.338 e. The number of carbonyl (C=O) groups is 2. The zero-order valence-corrected chi connectivity index (χ0v) is 14.6. The van der Waals surface area contributed by atoms with Gasteiger partial charge >= 0.3 is 5.97 Å². The quantitative estimate of drug-likeness (QED) is 0.753. The van der Waals surface area contributed by atoms with Crippen molar-refractivity contribution in [3.63, 3.8) is 0 Å². The number of benzene rings is 1. The molecular formula is C19H28N2O3. The van der Waals surface area contributed by atoms with Gasteiger partial charge in [-0.2, -0.15) is 0 Å². The monoisotopic (exact) mass is 332 g/mol. The van der Waals surface area contributed by atoms with Gasteiger partial charge in [0.25, 0.3) is 0 Å². The maximum absolute atomic E-state index is 12.1. The number of amides is 1. The summed E-state index contributed by atoms with van der Waals surface area (Å²) in [7, 11) is 0. The molecule has 1 aromatic carbocycles. The molecule has 1 saturated heterocycles. The largest absolute Gasteiger partial charge is 0.462 e. The Bertz CT molecular complexity index is 536. The molecule has 1 fully saturated rings. The third-order valence-electron chi connectivity index (χ3n) is 4.65. The van der Waals surface area contributed by atoms with E-state index in [-0.39, 0.29) is 11.9 Å². The molecule has 0 aliphatic carbocycles. The highest BCUT2D eigenvalue weighted by Gasteiger charge is 2.21. The standard InChI is InChI=1S/C19H28N2O3/c1-3-24-19(23)17-6-4-15(5-7-17)13-21-18(22)12-14(2)16-8-10-20-11-9-16/h4-7,14,16,20H,3,8-13H2,1-2H3,(H,21,22). The van der Waals surface area contributed by atoms with E-state index in [0.717, 1.165) is 31.5 Å². The van der Waals surface area contributed by atoms with Gasteiger partial charge in [-0.25, -0.2) is 4.79 Å². The van der Waals surface area contributed by atoms with E-state index in [2.05, 4.69) is 17.6 Å². The highest BCUT2D eigenvalue weighted by molar-refractivity contribution is 5.89. The molecule has 0 bridgehead atoms. The Kier molecular flexibility index (Phi) is 7.25. The Morgan fingerprint density at radius 1 is 1.25 bits per heavy atom. The van der Waals surface area contributed by atoms with Gasteiger partial charge < -0.3 is 15.4 Å². The van der Waals surface area contributed by atoms with Crippen molar-refractivity contribution in [2.45, 2.75) is 39.7 Å². The predicted octanol–water partition coefficient (Wildman–Crippen LogP) is 2.51. The summed E-state index contributed by atoms with van der Waals surface area (Å²) < 4.78 is 4.95. The molecule has 24 heavy (non-hydrogen) atoms. The molecule has 0 radical (unpaired) electrons. The van der Waals surface area contributed by atoms with E-state index >= 15 is 0 Å². The minimum Gasteiger partial charge on any atom is -0.462 e. The van der Waals surface area contributed by atoms with Gasteiger partial charge in [0.1, 0.15) is 0 Å². The fraction of sp³-hybridized carbons (Fsp3) is 0.579. The normalized spacial score (nSPS) is 16.4. The molecule has 5 heteroatoms. The van der Waals surface area contributed by atoms with Crippen LogP contribution in [0.4, 0.5) is 0 Å². The van der Waals surface area contributed by atoms with Crippen molar-refractivity contribution < 1.29 is 14.3 Å². The lowest BCUT2D eigenvalue weighted by Crippen LogP contribution is -2.33. The molecular weight excluding hydrogens is 304 g/mol. The van der Waals surface area contributed by atoms with Crippen LogP contribution < -0.4 is 10.6 Å². The number of esters is 1. The molecule has 5 nitrogen and oxygen atoms in total. The van der Waals surface area contributed by atoms with Gasteiger partial charge in [-0.05, 0) is 62.4 Å². The Hall–Kier alpha value is -1.88. The second kappa shape index (κ2) is 9.42. The first-order chi connectivity index (χ1) is 11.6. The van der Waals surface area contributed by atoms with Crippen LogP contribution >= 0.6 is 0 Å². The number of ether oxygens (including phenoxy) is 1. The molecule has 1 aliphatic rings.